The number of ether oxygens (including phenoxy) is 7. The van der Waals surface area contributed by atoms with Crippen molar-refractivity contribution in [1.82, 2.24) is 0 Å². The third-order valence-electron chi connectivity index (χ3n) is 14.0. The van der Waals surface area contributed by atoms with Crippen molar-refractivity contribution in [2.45, 2.75) is 196 Å². The van der Waals surface area contributed by atoms with Gasteiger partial charge >= 0.3 is 29.6 Å². The molecule has 6 aliphatic heterocycles. The number of rotatable bonds is 8. The number of hydrogen-bond acceptors (Lipinski definition) is 14. The Morgan fingerprint density at radius 1 is 0.906 bits per heavy atom. The number of aliphatic carboxylic acids is 1. The number of aliphatic hydroxyl groups is 5. The molecule has 6 heterocycles. The van der Waals surface area contributed by atoms with Gasteiger partial charge < -0.3 is 68.6 Å². The topological polar surface area (TPSA) is 206 Å². The van der Waals surface area contributed by atoms with E-state index in [1.54, 1.807) is 6.92 Å². The molecule has 53 heavy (non-hydrogen) atoms. The number of hydrogen-bond donors (Lipinski definition) is 5. The number of aliphatic hydroxyl groups excluding tert-OH is 3. The zero-order valence-electron chi connectivity index (χ0n) is 33.2. The van der Waals surface area contributed by atoms with Gasteiger partial charge in [0.2, 0.25) is 0 Å². The van der Waals surface area contributed by atoms with Gasteiger partial charge in [0.25, 0.3) is 0 Å². The van der Waals surface area contributed by atoms with E-state index in [0.717, 1.165) is 6.42 Å². The fraction of sp³-hybridized carbons (Fsp3) is 0.974. The van der Waals surface area contributed by atoms with Gasteiger partial charge in [0.1, 0.15) is 12.2 Å². The summed E-state index contributed by atoms with van der Waals surface area (Å²) >= 11 is 0. The van der Waals surface area contributed by atoms with Crippen LogP contribution in [0.15, 0.2) is 0 Å². The quantitative estimate of drug-likeness (QED) is 0.172. The van der Waals surface area contributed by atoms with E-state index in [-0.39, 0.29) is 66.1 Å². The Hall–Kier alpha value is -0.0100. The molecule has 300 valence electrons. The minimum atomic E-state index is -2.20. The number of carbonyl (C=O) groups is 1. The van der Waals surface area contributed by atoms with Gasteiger partial charge in [0.15, 0.2) is 17.4 Å². The van der Waals surface area contributed by atoms with Crippen molar-refractivity contribution in [3.8, 4) is 0 Å². The molecule has 6 fully saturated rings. The summed E-state index contributed by atoms with van der Waals surface area (Å²) in [4.78, 5) is 11.6. The van der Waals surface area contributed by atoms with Crippen LogP contribution in [0.5, 0.6) is 0 Å². The first-order valence-corrected chi connectivity index (χ1v) is 19.4. The van der Waals surface area contributed by atoms with Gasteiger partial charge in [0.05, 0.1) is 60.0 Å². The molecular formula is C38H63NaO14. The van der Waals surface area contributed by atoms with Crippen LogP contribution in [0, 0.1) is 29.6 Å². The van der Waals surface area contributed by atoms with E-state index in [1.165, 1.54) is 14.0 Å². The molecular weight excluding hydrogens is 703 g/mol. The zero-order chi connectivity index (χ0) is 38.3. The van der Waals surface area contributed by atoms with Crippen molar-refractivity contribution < 1.29 is 98.1 Å². The second kappa shape index (κ2) is 15.6. The van der Waals surface area contributed by atoms with Crippen LogP contribution < -0.4 is 34.7 Å². The number of methoxy groups -OCH3 is 1. The second-order valence-corrected chi connectivity index (χ2v) is 18.0. The average Bonchev–Trinajstić information content (AvgIpc) is 3.75. The first-order valence-electron chi connectivity index (χ1n) is 19.4. The third-order valence-corrected chi connectivity index (χ3v) is 14.0. The Morgan fingerprint density at radius 3 is 2.23 bits per heavy atom. The van der Waals surface area contributed by atoms with Crippen LogP contribution in [0.4, 0.5) is 0 Å². The Morgan fingerprint density at radius 2 is 1.58 bits per heavy atom. The van der Waals surface area contributed by atoms with Crippen molar-refractivity contribution >= 4 is 5.97 Å². The molecule has 0 saturated carbocycles. The Balaban J connectivity index is 0.00000541. The summed E-state index contributed by atoms with van der Waals surface area (Å²) in [5.74, 6) is -8.00. The summed E-state index contributed by atoms with van der Waals surface area (Å²) < 4.78 is 44.9. The summed E-state index contributed by atoms with van der Waals surface area (Å²) in [5.41, 5.74) is -1.59. The van der Waals surface area contributed by atoms with Crippen molar-refractivity contribution in [1.29, 1.82) is 0 Å². The molecule has 6 saturated heterocycles. The number of carboxylic acid groups (broad SMARTS) is 1. The average molecular weight is 767 g/mol. The van der Waals surface area contributed by atoms with E-state index < -0.39 is 101 Å². The molecule has 6 rings (SSSR count). The minimum Gasteiger partial charge on any atom is -0.550 e. The third kappa shape index (κ3) is 8.06. The molecule has 0 aromatic carbocycles. The van der Waals surface area contributed by atoms with Crippen LogP contribution in [0.1, 0.15) is 107 Å². The monoisotopic (exact) mass is 766 g/mol. The maximum absolute atomic E-state index is 11.6. The Bertz CT molecular complexity index is 1310. The van der Waals surface area contributed by atoms with Gasteiger partial charge in [-0.05, 0) is 52.4 Å². The van der Waals surface area contributed by atoms with Crippen molar-refractivity contribution in [3.63, 3.8) is 0 Å². The molecule has 1 spiro atoms. The molecule has 0 aromatic rings. The molecule has 0 bridgehead atoms. The van der Waals surface area contributed by atoms with Crippen LogP contribution >= 0.6 is 0 Å². The molecule has 0 unspecified atom stereocenters. The van der Waals surface area contributed by atoms with E-state index in [1.807, 2.05) is 34.6 Å². The summed E-state index contributed by atoms with van der Waals surface area (Å²) in [6.07, 6.45) is -4.24. The van der Waals surface area contributed by atoms with Gasteiger partial charge in [-0.2, -0.15) is 0 Å². The molecule has 6 aliphatic rings. The molecule has 0 radical (unpaired) electrons. The maximum Gasteiger partial charge on any atom is 1.00 e. The van der Waals surface area contributed by atoms with E-state index in [0.29, 0.717) is 32.1 Å². The van der Waals surface area contributed by atoms with Gasteiger partial charge in [-0.3, -0.25) is 0 Å². The van der Waals surface area contributed by atoms with Crippen LogP contribution in [0.25, 0.3) is 0 Å². The summed E-state index contributed by atoms with van der Waals surface area (Å²) in [5, 5.41) is 67.5. The number of carbonyl (C=O) groups excluding carboxylic acids is 1. The van der Waals surface area contributed by atoms with Crippen LogP contribution in [-0.4, -0.2) is 128 Å². The van der Waals surface area contributed by atoms with Crippen molar-refractivity contribution in [2.75, 3.05) is 7.11 Å². The van der Waals surface area contributed by atoms with Crippen molar-refractivity contribution in [2.24, 2.45) is 29.6 Å². The molecule has 0 aliphatic carbocycles. The predicted molar refractivity (Wildman–Crippen MR) is 181 cm³/mol. The summed E-state index contributed by atoms with van der Waals surface area (Å²) in [6.45, 7) is 14.9. The molecule has 0 amide bonds. The summed E-state index contributed by atoms with van der Waals surface area (Å²) in [6, 6.07) is 0. The summed E-state index contributed by atoms with van der Waals surface area (Å²) in [7, 11) is 1.42. The normalized spacial score (nSPS) is 55.2. The van der Waals surface area contributed by atoms with Gasteiger partial charge in [-0.15, -0.1) is 0 Å². The van der Waals surface area contributed by atoms with Gasteiger partial charge in [-0.1, -0.05) is 34.6 Å². The van der Waals surface area contributed by atoms with Gasteiger partial charge in [0, 0.05) is 62.4 Å². The first kappa shape index (κ1) is 44.1. The molecule has 20 atom stereocenters. The second-order valence-electron chi connectivity index (χ2n) is 18.0. The molecule has 15 heteroatoms. The fourth-order valence-corrected chi connectivity index (χ4v) is 10.4. The zero-order valence-corrected chi connectivity index (χ0v) is 35.2. The number of carboxylic acids is 1. The van der Waals surface area contributed by atoms with Crippen LogP contribution in [-0.2, 0) is 38.0 Å². The van der Waals surface area contributed by atoms with E-state index >= 15 is 0 Å². The van der Waals surface area contributed by atoms with Crippen molar-refractivity contribution in [3.05, 3.63) is 0 Å². The molecule has 5 N–H and O–H groups in total. The SMILES string of the molecule is CO[C@@H]1[C@@H](O)[C@H](C)[C@@](O)(CC(=O)[O-])O[C@H]1[C@H](C)[C@H]1O[C@@]2(CC[C@@](C)([C@H]3CC[C@@](C)([C@@H]4O[C@@H]([C@H]5O[C@](C)(O)[C@H](C)C[C@@H]5C)C[C@@H]4O)O3)O2)C[C@H](O)[C@H]1C.[Na+]. The van der Waals surface area contributed by atoms with E-state index in [9.17, 15) is 35.4 Å². The maximum atomic E-state index is 11.6. The van der Waals surface area contributed by atoms with E-state index in [2.05, 4.69) is 6.92 Å². The van der Waals surface area contributed by atoms with E-state index in [4.69, 9.17) is 33.2 Å². The molecule has 14 nitrogen and oxygen atoms in total. The Labute approximate surface area is 335 Å². The van der Waals surface area contributed by atoms with Gasteiger partial charge in [-0.25, -0.2) is 0 Å². The predicted octanol–water partition coefficient (Wildman–Crippen LogP) is -1.86. The largest absolute Gasteiger partial charge is 1.00 e. The smallest absolute Gasteiger partial charge is 0.550 e. The standard InChI is InChI=1S/C38H64O14.Na/c1-18-14-19(2)36(8,44)49-29(18)25-15-23(39)33(47-25)35(7)11-10-26(48-35)34(6)12-13-37(52-34)16-24(40)20(3)30(50-37)21(4)31-32(46-9)28(43)22(5)38(45,51-31)17-27(41)42;/h18-26,28-33,39-40,43-45H,10-17H2,1-9H3,(H,41,42);/q;+1/p-1/t18-,19+,20+,21+,22-,23-,24-,25+,26+,28-,29-,30-,31-,32+,33+,34-,35-,36-,37+,38+;/m0./s1. The van der Waals surface area contributed by atoms with Crippen LogP contribution in [0.3, 0.4) is 0 Å². The van der Waals surface area contributed by atoms with Crippen LogP contribution in [0.2, 0.25) is 0 Å². The Kier molecular flexibility index (Phi) is 13.0. The minimum absolute atomic E-state index is 0. The first-order chi connectivity index (χ1) is 24.1. The fourth-order valence-electron chi connectivity index (χ4n) is 10.4. The molecule has 0 aromatic heterocycles.